The number of nitro benzene ring substituents is 1. The summed E-state index contributed by atoms with van der Waals surface area (Å²) in [5.74, 6) is -0.544. The van der Waals surface area contributed by atoms with Crippen LogP contribution in [0.15, 0.2) is 62.9 Å². The number of aryl methyl sites for hydroxylation is 1. The lowest BCUT2D eigenvalue weighted by Gasteiger charge is -2.21. The molecule has 0 spiro atoms. The van der Waals surface area contributed by atoms with E-state index in [1.165, 1.54) is 24.3 Å². The molecule has 3 aromatic rings. The number of sulfone groups is 1. The quantitative estimate of drug-likeness (QED) is 0.337. The fourth-order valence-electron chi connectivity index (χ4n) is 3.37. The highest BCUT2D eigenvalue weighted by Crippen LogP contribution is 2.44. The second-order valence-corrected chi connectivity index (χ2v) is 8.88. The molecule has 0 unspecified atom stereocenters. The first-order valence-corrected chi connectivity index (χ1v) is 10.2. The third-order valence-electron chi connectivity index (χ3n) is 4.61. The van der Waals surface area contributed by atoms with Crippen molar-refractivity contribution >= 4 is 31.5 Å². The summed E-state index contributed by atoms with van der Waals surface area (Å²) in [6, 6.07) is 8.92. The molecule has 6 nitrogen and oxygen atoms in total. The van der Waals surface area contributed by atoms with Crippen LogP contribution >= 0.6 is 15.9 Å². The molecule has 1 aromatic heterocycles. The molecule has 27 heavy (non-hydrogen) atoms. The van der Waals surface area contributed by atoms with Crippen LogP contribution < -0.4 is 0 Å². The predicted molar refractivity (Wildman–Crippen MR) is 99.8 cm³/mol. The van der Waals surface area contributed by atoms with Gasteiger partial charge in [-0.1, -0.05) is 15.9 Å². The Hall–Kier alpha value is -2.52. The third kappa shape index (κ3) is 2.78. The van der Waals surface area contributed by atoms with E-state index in [2.05, 4.69) is 15.9 Å². The van der Waals surface area contributed by atoms with Crippen molar-refractivity contribution in [1.29, 1.82) is 0 Å². The number of fused-ring (bicyclic) bond motifs is 3. The average molecular weight is 451 g/mol. The van der Waals surface area contributed by atoms with Crippen molar-refractivity contribution in [3.8, 4) is 11.3 Å². The molecular weight excluding hydrogens is 439 g/mol. The Morgan fingerprint density at radius 1 is 1.11 bits per heavy atom. The van der Waals surface area contributed by atoms with Crippen LogP contribution in [0.2, 0.25) is 0 Å². The van der Waals surface area contributed by atoms with Gasteiger partial charge in [-0.05, 0) is 48.4 Å². The number of aromatic nitrogens is 1. The van der Waals surface area contributed by atoms with E-state index < -0.39 is 20.6 Å². The summed E-state index contributed by atoms with van der Waals surface area (Å²) >= 11 is 3.41. The molecule has 0 bridgehead atoms. The summed E-state index contributed by atoms with van der Waals surface area (Å²) in [4.78, 5) is 11.0. The van der Waals surface area contributed by atoms with Gasteiger partial charge < -0.3 is 4.57 Å². The van der Waals surface area contributed by atoms with Crippen molar-refractivity contribution in [2.24, 2.45) is 0 Å². The van der Waals surface area contributed by atoms with Gasteiger partial charge in [0, 0.05) is 23.3 Å². The Kier molecular flexibility index (Phi) is 4.15. The SMILES string of the molecule is O=[N+]([O-])c1ccc(Br)c2c1-c1c(S(=O)(=O)c3ccc(F)cc3)ccn1CC2. The van der Waals surface area contributed by atoms with Gasteiger partial charge in [-0.3, -0.25) is 10.1 Å². The minimum absolute atomic E-state index is 0.0312. The normalized spacial score (nSPS) is 13.1. The smallest absolute Gasteiger partial charge is 0.279 e. The number of benzene rings is 2. The first kappa shape index (κ1) is 17.9. The van der Waals surface area contributed by atoms with E-state index in [-0.39, 0.29) is 21.2 Å². The minimum Gasteiger partial charge on any atom is -0.346 e. The lowest BCUT2D eigenvalue weighted by molar-refractivity contribution is -0.384. The van der Waals surface area contributed by atoms with Gasteiger partial charge in [0.2, 0.25) is 9.84 Å². The maximum atomic E-state index is 13.2. The average Bonchev–Trinajstić information content (AvgIpc) is 3.07. The first-order chi connectivity index (χ1) is 12.8. The Morgan fingerprint density at radius 3 is 2.48 bits per heavy atom. The Balaban J connectivity index is 2.01. The Labute approximate surface area is 162 Å². The van der Waals surface area contributed by atoms with Crippen molar-refractivity contribution in [3.05, 3.63) is 74.6 Å². The number of nitro groups is 1. The van der Waals surface area contributed by atoms with Gasteiger partial charge in [-0.25, -0.2) is 12.8 Å². The lowest BCUT2D eigenvalue weighted by Crippen LogP contribution is -2.14. The van der Waals surface area contributed by atoms with Crippen LogP contribution in [0.3, 0.4) is 0 Å². The molecule has 0 radical (unpaired) electrons. The number of hydrogen-bond donors (Lipinski definition) is 0. The third-order valence-corrected chi connectivity index (χ3v) is 7.15. The zero-order chi connectivity index (χ0) is 19.3. The van der Waals surface area contributed by atoms with Gasteiger partial charge in [0.25, 0.3) is 5.69 Å². The molecule has 2 heterocycles. The zero-order valence-electron chi connectivity index (χ0n) is 13.7. The zero-order valence-corrected chi connectivity index (χ0v) is 16.1. The van der Waals surface area contributed by atoms with Gasteiger partial charge in [0.15, 0.2) is 0 Å². The van der Waals surface area contributed by atoms with Crippen LogP contribution in [0.1, 0.15) is 5.56 Å². The largest absolute Gasteiger partial charge is 0.346 e. The topological polar surface area (TPSA) is 82.2 Å². The van der Waals surface area contributed by atoms with E-state index in [9.17, 15) is 22.9 Å². The van der Waals surface area contributed by atoms with E-state index in [1.807, 2.05) is 0 Å². The summed E-state index contributed by atoms with van der Waals surface area (Å²) in [5, 5.41) is 11.6. The van der Waals surface area contributed by atoms with Gasteiger partial charge >= 0.3 is 0 Å². The highest BCUT2D eigenvalue weighted by atomic mass is 79.9. The maximum absolute atomic E-state index is 13.2. The fourth-order valence-corrected chi connectivity index (χ4v) is 5.36. The fraction of sp³-hybridized carbons (Fsp3) is 0.111. The molecule has 1 aliphatic heterocycles. The maximum Gasteiger partial charge on any atom is 0.279 e. The summed E-state index contributed by atoms with van der Waals surface area (Å²) in [5.41, 5.74) is 1.13. The Bertz CT molecular complexity index is 1190. The van der Waals surface area contributed by atoms with E-state index in [1.54, 1.807) is 16.8 Å². The summed E-state index contributed by atoms with van der Waals surface area (Å²) in [6.45, 7) is 0.501. The lowest BCUT2D eigenvalue weighted by atomic mass is 9.97. The molecule has 0 fully saturated rings. The number of rotatable bonds is 3. The number of hydrogen-bond acceptors (Lipinski definition) is 4. The van der Waals surface area contributed by atoms with Crippen LogP contribution in [-0.4, -0.2) is 17.9 Å². The second-order valence-electron chi connectivity index (χ2n) is 6.11. The number of nitrogens with zero attached hydrogens (tertiary/aromatic N) is 2. The second kappa shape index (κ2) is 6.28. The first-order valence-electron chi connectivity index (χ1n) is 7.96. The predicted octanol–water partition coefficient (Wildman–Crippen LogP) is 4.35. The van der Waals surface area contributed by atoms with Crippen LogP contribution in [-0.2, 0) is 22.8 Å². The standard InChI is InChI=1S/C18H12BrFN2O4S/c19-14-5-6-15(22(23)24)17-13(14)7-9-21-10-8-16(18(17)21)27(25,26)12-3-1-11(20)2-4-12/h1-6,8,10H,7,9H2. The molecule has 0 amide bonds. The van der Waals surface area contributed by atoms with E-state index >= 15 is 0 Å². The summed E-state index contributed by atoms with van der Waals surface area (Å²) < 4.78 is 41.9. The molecule has 138 valence electrons. The van der Waals surface area contributed by atoms with Crippen molar-refractivity contribution < 1.29 is 17.7 Å². The van der Waals surface area contributed by atoms with Gasteiger partial charge in [-0.15, -0.1) is 0 Å². The van der Waals surface area contributed by atoms with Crippen molar-refractivity contribution in [1.82, 2.24) is 4.57 Å². The molecule has 0 saturated heterocycles. The van der Waals surface area contributed by atoms with Crippen LogP contribution in [0.5, 0.6) is 0 Å². The van der Waals surface area contributed by atoms with E-state index in [4.69, 9.17) is 0 Å². The summed E-state index contributed by atoms with van der Waals surface area (Å²) in [7, 11) is -3.98. The number of halogens is 2. The van der Waals surface area contributed by atoms with Crippen LogP contribution in [0, 0.1) is 15.9 Å². The van der Waals surface area contributed by atoms with E-state index in [0.717, 1.165) is 12.1 Å². The molecule has 4 rings (SSSR count). The molecule has 0 atom stereocenters. The van der Waals surface area contributed by atoms with Crippen molar-refractivity contribution in [2.45, 2.75) is 22.8 Å². The minimum atomic E-state index is -3.98. The van der Waals surface area contributed by atoms with Crippen molar-refractivity contribution in [2.75, 3.05) is 0 Å². The monoisotopic (exact) mass is 450 g/mol. The van der Waals surface area contributed by atoms with Gasteiger partial charge in [0.05, 0.1) is 26.0 Å². The van der Waals surface area contributed by atoms with Crippen LogP contribution in [0.25, 0.3) is 11.3 Å². The Morgan fingerprint density at radius 2 is 1.81 bits per heavy atom. The highest BCUT2D eigenvalue weighted by molar-refractivity contribution is 9.10. The van der Waals surface area contributed by atoms with Gasteiger partial charge in [-0.2, -0.15) is 0 Å². The molecule has 1 aliphatic rings. The molecule has 0 N–H and O–H groups in total. The summed E-state index contributed by atoms with van der Waals surface area (Å²) in [6.07, 6.45) is 2.15. The molecule has 0 aliphatic carbocycles. The van der Waals surface area contributed by atoms with E-state index in [0.29, 0.717) is 28.6 Å². The van der Waals surface area contributed by atoms with Gasteiger partial charge in [0.1, 0.15) is 5.82 Å². The molecule has 2 aromatic carbocycles. The van der Waals surface area contributed by atoms with Crippen LogP contribution in [0.4, 0.5) is 10.1 Å². The molecule has 0 saturated carbocycles. The molecular formula is C18H12BrFN2O4S. The van der Waals surface area contributed by atoms with Crippen molar-refractivity contribution in [3.63, 3.8) is 0 Å². The highest BCUT2D eigenvalue weighted by Gasteiger charge is 2.33. The molecule has 9 heteroatoms.